The fraction of sp³-hybridized carbons (Fsp3) is 0.154. The van der Waals surface area contributed by atoms with Crippen molar-refractivity contribution in [2.45, 2.75) is 6.92 Å². The van der Waals surface area contributed by atoms with E-state index < -0.39 is 0 Å². The average Bonchev–Trinajstić information content (AvgIpc) is 2.35. The van der Waals surface area contributed by atoms with Crippen molar-refractivity contribution in [3.63, 3.8) is 0 Å². The number of nitrogens with zero attached hydrogens (tertiary/aromatic N) is 2. The summed E-state index contributed by atoms with van der Waals surface area (Å²) in [5.41, 5.74) is 2.52. The Morgan fingerprint density at radius 1 is 1.35 bits per heavy atom. The first-order valence-electron chi connectivity index (χ1n) is 5.35. The van der Waals surface area contributed by atoms with Gasteiger partial charge in [0.25, 0.3) is 5.91 Å². The highest BCUT2D eigenvalue weighted by molar-refractivity contribution is 5.95. The number of aryl methyl sites for hydroxylation is 1. The van der Waals surface area contributed by atoms with Gasteiger partial charge in [-0.3, -0.25) is 4.79 Å². The maximum absolute atomic E-state index is 11.8. The number of benzene rings is 1. The van der Waals surface area contributed by atoms with Crippen LogP contribution in [0.2, 0.25) is 0 Å². The van der Waals surface area contributed by atoms with Gasteiger partial charge in [0.15, 0.2) is 0 Å². The number of amides is 1. The van der Waals surface area contributed by atoms with Crippen LogP contribution in [-0.2, 0) is 0 Å². The van der Waals surface area contributed by atoms with Crippen LogP contribution in [0.25, 0.3) is 11.0 Å². The summed E-state index contributed by atoms with van der Waals surface area (Å²) in [6, 6.07) is 7.48. The van der Waals surface area contributed by atoms with Gasteiger partial charge in [-0.15, -0.1) is 6.58 Å². The summed E-state index contributed by atoms with van der Waals surface area (Å²) in [6.07, 6.45) is 1.63. The highest BCUT2D eigenvalue weighted by Crippen LogP contribution is 2.11. The van der Waals surface area contributed by atoms with Gasteiger partial charge in [0, 0.05) is 6.54 Å². The van der Waals surface area contributed by atoms with Crippen molar-refractivity contribution in [1.82, 2.24) is 15.3 Å². The molecule has 17 heavy (non-hydrogen) atoms. The summed E-state index contributed by atoms with van der Waals surface area (Å²) < 4.78 is 0. The summed E-state index contributed by atoms with van der Waals surface area (Å²) in [5.74, 6) is -0.222. The van der Waals surface area contributed by atoms with E-state index in [1.165, 1.54) is 0 Å². The van der Waals surface area contributed by atoms with E-state index in [-0.39, 0.29) is 5.91 Å². The molecule has 1 aromatic carbocycles. The minimum absolute atomic E-state index is 0.222. The van der Waals surface area contributed by atoms with Crippen molar-refractivity contribution in [2.24, 2.45) is 0 Å². The lowest BCUT2D eigenvalue weighted by Gasteiger charge is -2.06. The van der Waals surface area contributed by atoms with Crippen molar-refractivity contribution in [3.05, 3.63) is 48.3 Å². The van der Waals surface area contributed by atoms with Crippen molar-refractivity contribution >= 4 is 16.9 Å². The topological polar surface area (TPSA) is 54.9 Å². The first-order chi connectivity index (χ1) is 8.22. The zero-order valence-electron chi connectivity index (χ0n) is 9.60. The number of carbonyl (C=O) groups excluding carboxylic acids is 1. The van der Waals surface area contributed by atoms with Crippen molar-refractivity contribution in [1.29, 1.82) is 0 Å². The Labute approximate surface area is 99.4 Å². The minimum Gasteiger partial charge on any atom is -0.347 e. The van der Waals surface area contributed by atoms with Crippen molar-refractivity contribution < 1.29 is 4.79 Å². The minimum atomic E-state index is -0.222. The Morgan fingerprint density at radius 2 is 2.00 bits per heavy atom. The molecule has 0 fully saturated rings. The number of para-hydroxylation sites is 2. The number of carbonyl (C=O) groups is 1. The number of hydrogen-bond donors (Lipinski definition) is 1. The fourth-order valence-corrected chi connectivity index (χ4v) is 1.55. The molecule has 0 saturated heterocycles. The molecule has 2 rings (SSSR count). The Balaban J connectivity index is 2.43. The molecule has 0 aliphatic heterocycles. The second-order valence-corrected chi connectivity index (χ2v) is 3.65. The summed E-state index contributed by atoms with van der Waals surface area (Å²) in [5, 5.41) is 2.69. The van der Waals surface area contributed by atoms with Gasteiger partial charge in [0.2, 0.25) is 0 Å². The molecule has 0 saturated carbocycles. The second kappa shape index (κ2) is 4.74. The molecule has 0 aliphatic carbocycles. The molecule has 1 heterocycles. The lowest BCUT2D eigenvalue weighted by Crippen LogP contribution is -2.25. The first-order valence-corrected chi connectivity index (χ1v) is 5.35. The quantitative estimate of drug-likeness (QED) is 0.814. The molecule has 0 spiro atoms. The summed E-state index contributed by atoms with van der Waals surface area (Å²) in [7, 11) is 0. The van der Waals surface area contributed by atoms with Crippen LogP contribution in [0.3, 0.4) is 0 Å². The van der Waals surface area contributed by atoms with E-state index in [9.17, 15) is 4.79 Å². The number of aromatic nitrogens is 2. The average molecular weight is 227 g/mol. The monoisotopic (exact) mass is 227 g/mol. The summed E-state index contributed by atoms with van der Waals surface area (Å²) >= 11 is 0. The predicted molar refractivity (Wildman–Crippen MR) is 66.8 cm³/mol. The summed E-state index contributed by atoms with van der Waals surface area (Å²) in [6.45, 7) is 5.75. The van der Waals surface area contributed by atoms with Crippen LogP contribution in [0.4, 0.5) is 0 Å². The van der Waals surface area contributed by atoms with Gasteiger partial charge in [-0.2, -0.15) is 0 Å². The second-order valence-electron chi connectivity index (χ2n) is 3.65. The molecular formula is C13H13N3O. The third kappa shape index (κ3) is 2.30. The van der Waals surface area contributed by atoms with Crippen LogP contribution in [0.5, 0.6) is 0 Å². The van der Waals surface area contributed by atoms with E-state index in [0.29, 0.717) is 17.9 Å². The standard InChI is InChI=1S/C13H13N3O/c1-3-8-14-13(17)12-9(2)15-10-6-4-5-7-11(10)16-12/h3-7H,1,8H2,2H3,(H,14,17). The van der Waals surface area contributed by atoms with E-state index in [4.69, 9.17) is 0 Å². The molecule has 0 atom stereocenters. The van der Waals surface area contributed by atoms with Crippen molar-refractivity contribution in [3.8, 4) is 0 Å². The Bertz CT molecular complexity index is 578. The third-order valence-electron chi connectivity index (χ3n) is 2.37. The van der Waals surface area contributed by atoms with Gasteiger partial charge in [-0.1, -0.05) is 18.2 Å². The number of hydrogen-bond acceptors (Lipinski definition) is 3. The maximum atomic E-state index is 11.8. The molecule has 1 aromatic heterocycles. The van der Waals surface area contributed by atoms with E-state index >= 15 is 0 Å². The van der Waals surface area contributed by atoms with Gasteiger partial charge < -0.3 is 5.32 Å². The third-order valence-corrected chi connectivity index (χ3v) is 2.37. The van der Waals surface area contributed by atoms with E-state index in [1.54, 1.807) is 13.0 Å². The molecular weight excluding hydrogens is 214 g/mol. The molecule has 2 aromatic rings. The number of rotatable bonds is 3. The van der Waals surface area contributed by atoms with E-state index in [1.807, 2.05) is 24.3 Å². The smallest absolute Gasteiger partial charge is 0.272 e. The highest BCUT2D eigenvalue weighted by Gasteiger charge is 2.12. The lowest BCUT2D eigenvalue weighted by atomic mass is 10.2. The van der Waals surface area contributed by atoms with Crippen LogP contribution in [0.1, 0.15) is 16.2 Å². The van der Waals surface area contributed by atoms with Gasteiger partial charge in [0.05, 0.1) is 16.7 Å². The van der Waals surface area contributed by atoms with Gasteiger partial charge in [0.1, 0.15) is 5.69 Å². The van der Waals surface area contributed by atoms with Crippen molar-refractivity contribution in [2.75, 3.05) is 6.54 Å². The van der Waals surface area contributed by atoms with Gasteiger partial charge in [-0.25, -0.2) is 9.97 Å². The zero-order valence-corrected chi connectivity index (χ0v) is 9.60. The molecule has 1 N–H and O–H groups in total. The largest absolute Gasteiger partial charge is 0.347 e. The number of nitrogens with one attached hydrogen (secondary N) is 1. The fourth-order valence-electron chi connectivity index (χ4n) is 1.55. The van der Waals surface area contributed by atoms with Crippen LogP contribution >= 0.6 is 0 Å². The summed E-state index contributed by atoms with van der Waals surface area (Å²) in [4.78, 5) is 20.5. The lowest BCUT2D eigenvalue weighted by molar-refractivity contribution is 0.0952. The van der Waals surface area contributed by atoms with E-state index in [2.05, 4.69) is 21.9 Å². The van der Waals surface area contributed by atoms with Crippen LogP contribution in [0.15, 0.2) is 36.9 Å². The number of fused-ring (bicyclic) bond motifs is 1. The van der Waals surface area contributed by atoms with Crippen LogP contribution in [0, 0.1) is 6.92 Å². The van der Waals surface area contributed by atoms with Gasteiger partial charge >= 0.3 is 0 Å². The Morgan fingerprint density at radius 3 is 2.65 bits per heavy atom. The molecule has 4 nitrogen and oxygen atoms in total. The van der Waals surface area contributed by atoms with Crippen LogP contribution < -0.4 is 5.32 Å². The molecule has 86 valence electrons. The normalized spacial score (nSPS) is 10.2. The molecule has 4 heteroatoms. The van der Waals surface area contributed by atoms with E-state index in [0.717, 1.165) is 11.0 Å². The molecule has 0 bridgehead atoms. The first kappa shape index (κ1) is 11.3. The van der Waals surface area contributed by atoms with Crippen LogP contribution in [-0.4, -0.2) is 22.4 Å². The maximum Gasteiger partial charge on any atom is 0.272 e. The Kier molecular flexibility index (Phi) is 3.14. The zero-order chi connectivity index (χ0) is 12.3. The molecule has 0 unspecified atom stereocenters. The molecule has 1 amide bonds. The molecule has 0 aliphatic rings. The highest BCUT2D eigenvalue weighted by atomic mass is 16.1. The Hall–Kier alpha value is -2.23. The van der Waals surface area contributed by atoms with Gasteiger partial charge in [-0.05, 0) is 19.1 Å². The SMILES string of the molecule is C=CCNC(=O)c1nc2ccccc2nc1C. The molecule has 0 radical (unpaired) electrons. The predicted octanol–water partition coefficient (Wildman–Crippen LogP) is 1.85.